The third kappa shape index (κ3) is 3.49. The highest BCUT2D eigenvalue weighted by atomic mass is 32.2. The first kappa shape index (κ1) is 14.2. The summed E-state index contributed by atoms with van der Waals surface area (Å²) in [6, 6.07) is 4.14. The number of hydrogen-bond acceptors (Lipinski definition) is 6. The molecule has 0 aromatic carbocycles. The third-order valence-electron chi connectivity index (χ3n) is 3.23. The van der Waals surface area contributed by atoms with Gasteiger partial charge in [0.2, 0.25) is 4.77 Å². The number of tetrazole rings is 1. The molecule has 1 aliphatic heterocycles. The van der Waals surface area contributed by atoms with Gasteiger partial charge >= 0.3 is 0 Å². The molecular formula is C12H17N5S3. The summed E-state index contributed by atoms with van der Waals surface area (Å²) in [6.07, 6.45) is 1.24. The predicted octanol–water partition coefficient (Wildman–Crippen LogP) is 2.32. The Kier molecular flexibility index (Phi) is 4.87. The van der Waals surface area contributed by atoms with Gasteiger partial charge in [-0.2, -0.15) is 11.8 Å². The van der Waals surface area contributed by atoms with Crippen LogP contribution in [0.5, 0.6) is 0 Å². The maximum absolute atomic E-state index is 5.47. The van der Waals surface area contributed by atoms with Crippen molar-refractivity contribution < 1.29 is 0 Å². The molecule has 2 aromatic rings. The maximum Gasteiger partial charge on any atom is 0.217 e. The van der Waals surface area contributed by atoms with Crippen molar-refractivity contribution in [2.45, 2.75) is 19.6 Å². The van der Waals surface area contributed by atoms with Crippen LogP contribution in [-0.4, -0.2) is 49.3 Å². The first-order valence-electron chi connectivity index (χ1n) is 6.66. The Bertz CT molecular complexity index is 581. The van der Waals surface area contributed by atoms with E-state index in [0.29, 0.717) is 11.3 Å². The number of thioether (sulfide) groups is 1. The third-order valence-corrected chi connectivity index (χ3v) is 5.56. The molecule has 8 heteroatoms. The Morgan fingerprint density at radius 2 is 2.10 bits per heavy atom. The van der Waals surface area contributed by atoms with Gasteiger partial charge < -0.3 is 0 Å². The molecule has 0 saturated carbocycles. The van der Waals surface area contributed by atoms with Gasteiger partial charge in [0.25, 0.3) is 0 Å². The maximum atomic E-state index is 5.47. The Balaban J connectivity index is 1.68. The molecule has 0 bridgehead atoms. The van der Waals surface area contributed by atoms with Gasteiger partial charge in [-0.3, -0.25) is 4.90 Å². The monoisotopic (exact) mass is 327 g/mol. The fraction of sp³-hybridized carbons (Fsp3) is 0.583. The topological polar surface area (TPSA) is 38.9 Å². The van der Waals surface area contributed by atoms with Crippen LogP contribution in [0.1, 0.15) is 11.3 Å². The van der Waals surface area contributed by atoms with E-state index < -0.39 is 0 Å². The van der Waals surface area contributed by atoms with Gasteiger partial charge in [-0.25, -0.2) is 9.36 Å². The molecule has 2 aromatic heterocycles. The SMILES string of the molecule is S=c1n(Cc2cccs2)nnn1CN1CCCSCC1. The summed E-state index contributed by atoms with van der Waals surface area (Å²) in [5, 5.41) is 10.5. The van der Waals surface area contributed by atoms with Crippen LogP contribution in [0.25, 0.3) is 0 Å². The van der Waals surface area contributed by atoms with E-state index in [1.54, 1.807) is 16.0 Å². The largest absolute Gasteiger partial charge is 0.283 e. The highest BCUT2D eigenvalue weighted by molar-refractivity contribution is 7.99. The number of hydrogen-bond donors (Lipinski definition) is 0. The van der Waals surface area contributed by atoms with Crippen molar-refractivity contribution in [3.63, 3.8) is 0 Å². The second-order valence-electron chi connectivity index (χ2n) is 4.72. The number of nitrogens with zero attached hydrogens (tertiary/aromatic N) is 5. The van der Waals surface area contributed by atoms with Crippen molar-refractivity contribution in [2.75, 3.05) is 24.6 Å². The normalized spacial score (nSPS) is 17.2. The van der Waals surface area contributed by atoms with Gasteiger partial charge in [0.05, 0.1) is 13.2 Å². The van der Waals surface area contributed by atoms with Gasteiger partial charge in [0.15, 0.2) is 0 Å². The number of thiophene rings is 1. The van der Waals surface area contributed by atoms with Crippen LogP contribution in [-0.2, 0) is 13.2 Å². The van der Waals surface area contributed by atoms with Crippen LogP contribution in [0.2, 0.25) is 0 Å². The van der Waals surface area contributed by atoms with E-state index in [-0.39, 0.29) is 0 Å². The van der Waals surface area contributed by atoms with E-state index >= 15 is 0 Å². The molecule has 0 aliphatic carbocycles. The van der Waals surface area contributed by atoms with Crippen LogP contribution in [0.15, 0.2) is 17.5 Å². The van der Waals surface area contributed by atoms with Crippen LogP contribution < -0.4 is 0 Å². The zero-order chi connectivity index (χ0) is 13.8. The molecule has 0 N–H and O–H groups in total. The standard InChI is InChI=1S/C12H17N5S3/c18-12-16(9-11-3-1-7-20-11)13-14-17(12)10-15-4-2-6-19-8-5-15/h1,3,7H,2,4-6,8-10H2. The fourth-order valence-electron chi connectivity index (χ4n) is 2.17. The Labute approximate surface area is 131 Å². The van der Waals surface area contributed by atoms with Crippen molar-refractivity contribution in [2.24, 2.45) is 0 Å². The lowest BCUT2D eigenvalue weighted by Gasteiger charge is -2.18. The summed E-state index contributed by atoms with van der Waals surface area (Å²) in [5.41, 5.74) is 0. The van der Waals surface area contributed by atoms with E-state index in [1.165, 1.54) is 22.8 Å². The Morgan fingerprint density at radius 1 is 1.20 bits per heavy atom. The van der Waals surface area contributed by atoms with E-state index in [4.69, 9.17) is 12.2 Å². The first-order chi connectivity index (χ1) is 9.83. The van der Waals surface area contributed by atoms with E-state index in [0.717, 1.165) is 19.8 Å². The van der Waals surface area contributed by atoms with Gasteiger partial charge in [-0.05, 0) is 46.3 Å². The van der Waals surface area contributed by atoms with Crippen LogP contribution in [0.4, 0.5) is 0 Å². The van der Waals surface area contributed by atoms with Crippen molar-refractivity contribution in [1.29, 1.82) is 0 Å². The summed E-state index contributed by atoms with van der Waals surface area (Å²) < 4.78 is 4.34. The molecule has 0 radical (unpaired) electrons. The molecule has 3 rings (SSSR count). The molecule has 0 unspecified atom stereocenters. The lowest BCUT2D eigenvalue weighted by Crippen LogP contribution is -2.29. The van der Waals surface area contributed by atoms with E-state index in [9.17, 15) is 0 Å². The molecule has 108 valence electrons. The molecule has 1 fully saturated rings. The Hall–Kier alpha value is -0.700. The molecular weight excluding hydrogens is 310 g/mol. The lowest BCUT2D eigenvalue weighted by atomic mass is 10.4. The summed E-state index contributed by atoms with van der Waals surface area (Å²) in [7, 11) is 0. The van der Waals surface area contributed by atoms with Crippen molar-refractivity contribution in [3.8, 4) is 0 Å². The zero-order valence-electron chi connectivity index (χ0n) is 11.1. The molecule has 3 heterocycles. The second-order valence-corrected chi connectivity index (χ2v) is 7.35. The average molecular weight is 328 g/mol. The van der Waals surface area contributed by atoms with Gasteiger partial charge in [0.1, 0.15) is 0 Å². The highest BCUT2D eigenvalue weighted by Gasteiger charge is 2.12. The Morgan fingerprint density at radius 3 is 2.95 bits per heavy atom. The summed E-state index contributed by atoms with van der Waals surface area (Å²) in [6.45, 7) is 3.69. The highest BCUT2D eigenvalue weighted by Crippen LogP contribution is 2.12. The molecule has 1 saturated heterocycles. The van der Waals surface area contributed by atoms with Crippen molar-refractivity contribution in [3.05, 3.63) is 27.2 Å². The lowest BCUT2D eigenvalue weighted by molar-refractivity contribution is 0.219. The van der Waals surface area contributed by atoms with Crippen molar-refractivity contribution in [1.82, 2.24) is 24.7 Å². The number of rotatable bonds is 4. The minimum absolute atomic E-state index is 0.704. The van der Waals surface area contributed by atoms with Crippen LogP contribution >= 0.6 is 35.3 Å². The van der Waals surface area contributed by atoms with E-state index in [1.807, 2.05) is 22.5 Å². The van der Waals surface area contributed by atoms with Gasteiger partial charge in [-0.1, -0.05) is 6.07 Å². The second kappa shape index (κ2) is 6.84. The fourth-order valence-corrected chi connectivity index (χ4v) is 3.98. The van der Waals surface area contributed by atoms with E-state index in [2.05, 4.69) is 26.8 Å². The summed E-state index contributed by atoms with van der Waals surface area (Å²) >= 11 is 9.22. The minimum atomic E-state index is 0.704. The van der Waals surface area contributed by atoms with Gasteiger partial charge in [-0.15, -0.1) is 11.3 Å². The smallest absolute Gasteiger partial charge is 0.217 e. The van der Waals surface area contributed by atoms with Crippen molar-refractivity contribution >= 4 is 35.3 Å². The number of aromatic nitrogens is 4. The van der Waals surface area contributed by atoms with Gasteiger partial charge in [0, 0.05) is 23.7 Å². The molecule has 0 spiro atoms. The molecule has 5 nitrogen and oxygen atoms in total. The average Bonchev–Trinajstić information content (AvgIpc) is 2.98. The minimum Gasteiger partial charge on any atom is -0.283 e. The molecule has 0 atom stereocenters. The molecule has 20 heavy (non-hydrogen) atoms. The first-order valence-corrected chi connectivity index (χ1v) is 9.10. The molecule has 1 aliphatic rings. The summed E-state index contributed by atoms with van der Waals surface area (Å²) in [5.74, 6) is 2.45. The zero-order valence-corrected chi connectivity index (χ0v) is 13.6. The summed E-state index contributed by atoms with van der Waals surface area (Å²) in [4.78, 5) is 3.65. The quantitative estimate of drug-likeness (QED) is 0.806. The van der Waals surface area contributed by atoms with Crippen LogP contribution in [0.3, 0.4) is 0 Å². The molecule has 0 amide bonds. The predicted molar refractivity (Wildman–Crippen MR) is 85.8 cm³/mol. The van der Waals surface area contributed by atoms with Crippen LogP contribution in [0, 0.1) is 4.77 Å².